The van der Waals surface area contributed by atoms with Crippen LogP contribution < -0.4 is 0 Å². The summed E-state index contributed by atoms with van der Waals surface area (Å²) in [7, 11) is 0. The first-order valence-electron chi connectivity index (χ1n) is 19.4. The first-order chi connectivity index (χ1) is 27.8. The van der Waals surface area contributed by atoms with Crippen LogP contribution in [0, 0.1) is 0 Å². The minimum absolute atomic E-state index is 0.491. The van der Waals surface area contributed by atoms with Gasteiger partial charge in [-0.3, -0.25) is 0 Å². The first kappa shape index (κ1) is 31.2. The molecule has 0 saturated heterocycles. The number of hydrogen-bond acceptors (Lipinski definition) is 1. The van der Waals surface area contributed by atoms with E-state index in [1.54, 1.807) is 0 Å². The molecule has 0 spiro atoms. The van der Waals surface area contributed by atoms with Gasteiger partial charge < -0.3 is 4.42 Å². The molecule has 0 atom stereocenters. The van der Waals surface area contributed by atoms with Gasteiger partial charge in [-0.15, -0.1) is 0 Å². The molecule has 12 rings (SSSR count). The van der Waals surface area contributed by atoms with Crippen molar-refractivity contribution in [2.45, 2.75) is 5.41 Å². The van der Waals surface area contributed by atoms with Crippen molar-refractivity contribution in [3.63, 3.8) is 0 Å². The molecule has 10 aromatic carbocycles. The fourth-order valence-electron chi connectivity index (χ4n) is 10.0. The summed E-state index contributed by atoms with van der Waals surface area (Å²) >= 11 is 0. The molecule has 0 radical (unpaired) electrons. The third-order valence-electron chi connectivity index (χ3n) is 12.3. The molecule has 0 bridgehead atoms. The lowest BCUT2D eigenvalue weighted by molar-refractivity contribution is 0.666. The highest BCUT2D eigenvalue weighted by Crippen LogP contribution is 2.58. The molecule has 0 unspecified atom stereocenters. The Kier molecular flexibility index (Phi) is 6.62. The highest BCUT2D eigenvalue weighted by atomic mass is 16.3. The molecule has 0 saturated carbocycles. The molecule has 1 aliphatic carbocycles. The van der Waals surface area contributed by atoms with Gasteiger partial charge in [0.1, 0.15) is 11.2 Å². The van der Waals surface area contributed by atoms with Crippen molar-refractivity contribution in [3.05, 3.63) is 229 Å². The van der Waals surface area contributed by atoms with E-state index >= 15 is 0 Å². The SMILES string of the molecule is c1ccc(C2(c3ccccc3)c3ccccc3-c3cc4c(cc32)oc2cccc(-c3c5ccccc5c(-c5ccc6ccccc6c5)c5ccccc35)c24)cc1. The summed E-state index contributed by atoms with van der Waals surface area (Å²) in [4.78, 5) is 0. The number of benzene rings is 10. The van der Waals surface area contributed by atoms with E-state index in [4.69, 9.17) is 4.42 Å². The summed E-state index contributed by atoms with van der Waals surface area (Å²) in [5, 5.41) is 9.72. The zero-order valence-corrected chi connectivity index (χ0v) is 30.5. The molecule has 11 aromatic rings. The van der Waals surface area contributed by atoms with Gasteiger partial charge in [0, 0.05) is 10.8 Å². The molecule has 1 nitrogen and oxygen atoms in total. The Labute approximate surface area is 324 Å². The molecule has 0 amide bonds. The van der Waals surface area contributed by atoms with Crippen molar-refractivity contribution < 1.29 is 4.42 Å². The Bertz CT molecular complexity index is 3250. The maximum Gasteiger partial charge on any atom is 0.136 e. The van der Waals surface area contributed by atoms with Gasteiger partial charge in [-0.25, -0.2) is 0 Å². The molecule has 56 heavy (non-hydrogen) atoms. The fraction of sp³-hybridized carbons (Fsp3) is 0.0182. The average Bonchev–Trinajstić information content (AvgIpc) is 3.78. The third kappa shape index (κ3) is 4.26. The molecule has 260 valence electrons. The van der Waals surface area contributed by atoms with Crippen LogP contribution in [0.3, 0.4) is 0 Å². The Hall–Kier alpha value is -7.22. The van der Waals surface area contributed by atoms with Crippen molar-refractivity contribution in [1.82, 2.24) is 0 Å². The van der Waals surface area contributed by atoms with Crippen molar-refractivity contribution in [1.29, 1.82) is 0 Å². The summed E-state index contributed by atoms with van der Waals surface area (Å²) in [5.74, 6) is 0. The molecule has 1 heteroatoms. The largest absolute Gasteiger partial charge is 0.456 e. The van der Waals surface area contributed by atoms with Gasteiger partial charge >= 0.3 is 0 Å². The zero-order valence-electron chi connectivity index (χ0n) is 30.5. The van der Waals surface area contributed by atoms with E-state index in [9.17, 15) is 0 Å². The van der Waals surface area contributed by atoms with E-state index in [0.717, 1.165) is 21.9 Å². The summed E-state index contributed by atoms with van der Waals surface area (Å²) in [6.07, 6.45) is 0. The Morgan fingerprint density at radius 1 is 0.321 bits per heavy atom. The number of rotatable bonds is 4. The van der Waals surface area contributed by atoms with Gasteiger partial charge in [0.05, 0.1) is 5.41 Å². The van der Waals surface area contributed by atoms with Gasteiger partial charge in [0.2, 0.25) is 0 Å². The van der Waals surface area contributed by atoms with Crippen LogP contribution in [0.5, 0.6) is 0 Å². The van der Waals surface area contributed by atoms with Gasteiger partial charge in [-0.2, -0.15) is 0 Å². The second-order valence-electron chi connectivity index (χ2n) is 15.1. The summed E-state index contributed by atoms with van der Waals surface area (Å²) in [6, 6.07) is 75.6. The van der Waals surface area contributed by atoms with E-state index in [-0.39, 0.29) is 0 Å². The van der Waals surface area contributed by atoms with Gasteiger partial charge in [0.15, 0.2) is 0 Å². The average molecular weight is 711 g/mol. The van der Waals surface area contributed by atoms with Gasteiger partial charge in [0.25, 0.3) is 0 Å². The normalized spacial score (nSPS) is 13.1. The van der Waals surface area contributed by atoms with E-state index in [1.165, 1.54) is 88.0 Å². The van der Waals surface area contributed by atoms with Crippen LogP contribution in [0.15, 0.2) is 211 Å². The lowest BCUT2D eigenvalue weighted by Gasteiger charge is -2.33. The van der Waals surface area contributed by atoms with E-state index < -0.39 is 5.41 Å². The maximum absolute atomic E-state index is 6.96. The van der Waals surface area contributed by atoms with Gasteiger partial charge in [-0.05, 0) is 112 Å². The molecular weight excluding hydrogens is 677 g/mol. The summed E-state index contributed by atoms with van der Waals surface area (Å²) in [6.45, 7) is 0. The Morgan fingerprint density at radius 3 is 1.59 bits per heavy atom. The number of hydrogen-bond donors (Lipinski definition) is 0. The predicted octanol–water partition coefficient (Wildman–Crippen LogP) is 14.7. The quantitative estimate of drug-likeness (QED) is 0.166. The molecular formula is C55H34O. The molecule has 1 aromatic heterocycles. The smallest absolute Gasteiger partial charge is 0.136 e. The Morgan fingerprint density at radius 2 is 0.893 bits per heavy atom. The zero-order chi connectivity index (χ0) is 36.8. The monoisotopic (exact) mass is 710 g/mol. The van der Waals surface area contributed by atoms with Crippen LogP contribution in [0.1, 0.15) is 22.3 Å². The van der Waals surface area contributed by atoms with E-state index in [1.807, 2.05) is 0 Å². The van der Waals surface area contributed by atoms with E-state index in [0.29, 0.717) is 0 Å². The minimum Gasteiger partial charge on any atom is -0.456 e. The molecule has 1 heterocycles. The van der Waals surface area contributed by atoms with Crippen molar-refractivity contribution in [3.8, 4) is 33.4 Å². The third-order valence-corrected chi connectivity index (χ3v) is 12.3. The highest BCUT2D eigenvalue weighted by Gasteiger charge is 2.46. The predicted molar refractivity (Wildman–Crippen MR) is 234 cm³/mol. The van der Waals surface area contributed by atoms with Crippen molar-refractivity contribution in [2.75, 3.05) is 0 Å². The van der Waals surface area contributed by atoms with Crippen molar-refractivity contribution >= 4 is 54.3 Å². The first-order valence-corrected chi connectivity index (χ1v) is 19.4. The molecule has 0 fully saturated rings. The molecule has 1 aliphatic rings. The van der Waals surface area contributed by atoms with Gasteiger partial charge in [-0.1, -0.05) is 182 Å². The fourth-order valence-corrected chi connectivity index (χ4v) is 10.0. The van der Waals surface area contributed by atoms with E-state index in [2.05, 4.69) is 206 Å². The second kappa shape index (κ2) is 11.9. The summed E-state index contributed by atoms with van der Waals surface area (Å²) < 4.78 is 6.96. The van der Waals surface area contributed by atoms with Crippen LogP contribution in [0.25, 0.3) is 87.6 Å². The topological polar surface area (TPSA) is 13.1 Å². The van der Waals surface area contributed by atoms with Crippen molar-refractivity contribution in [2.24, 2.45) is 0 Å². The highest BCUT2D eigenvalue weighted by molar-refractivity contribution is 6.26. The standard InChI is InChI=1S/C55H34O/c1-3-18-38(19-4-1)55(39-20-5-2-6-21-39)48-28-14-13-22-40(48)46-33-47-51(34-49(46)55)56-50-29-15-27-45(54(47)50)53-43-25-11-9-23-41(43)52(42-24-10-12-26-44(42)53)37-31-30-35-16-7-8-17-36(35)32-37/h1-34H. The Balaban J connectivity index is 1.17. The van der Waals surface area contributed by atoms with Crippen LogP contribution in [0.2, 0.25) is 0 Å². The second-order valence-corrected chi connectivity index (χ2v) is 15.1. The van der Waals surface area contributed by atoms with Crippen LogP contribution >= 0.6 is 0 Å². The summed E-state index contributed by atoms with van der Waals surface area (Å²) in [5.41, 5.74) is 13.8. The molecule has 0 aliphatic heterocycles. The van der Waals surface area contributed by atoms with Crippen LogP contribution in [0.4, 0.5) is 0 Å². The lowest BCUT2D eigenvalue weighted by atomic mass is 9.67. The number of furan rings is 1. The van der Waals surface area contributed by atoms with Crippen LogP contribution in [-0.4, -0.2) is 0 Å². The van der Waals surface area contributed by atoms with Crippen LogP contribution in [-0.2, 0) is 5.41 Å². The minimum atomic E-state index is -0.491. The molecule has 0 N–H and O–H groups in total. The number of fused-ring (bicyclic) bond motifs is 9. The lowest BCUT2D eigenvalue weighted by Crippen LogP contribution is -2.28. The maximum atomic E-state index is 6.96.